The number of nitrogens with zero attached hydrogens (tertiary/aromatic N) is 3. The Bertz CT molecular complexity index is 880. The lowest BCUT2D eigenvalue weighted by Crippen LogP contribution is -2.28. The van der Waals surface area contributed by atoms with Crippen LogP contribution in [0.25, 0.3) is 5.69 Å². The van der Waals surface area contributed by atoms with E-state index in [2.05, 4.69) is 15.6 Å². The van der Waals surface area contributed by atoms with Gasteiger partial charge in [0.15, 0.2) is 0 Å². The third kappa shape index (κ3) is 3.20. The van der Waals surface area contributed by atoms with Gasteiger partial charge in [-0.2, -0.15) is 5.10 Å². The predicted octanol–water partition coefficient (Wildman–Crippen LogP) is 3.53. The fourth-order valence-electron chi connectivity index (χ4n) is 2.97. The second-order valence-corrected chi connectivity index (χ2v) is 6.04. The monoisotopic (exact) mass is 338 g/mol. The molecule has 0 unspecified atom stereocenters. The summed E-state index contributed by atoms with van der Waals surface area (Å²) in [7, 11) is 0. The van der Waals surface area contributed by atoms with Crippen molar-refractivity contribution < 1.29 is 9.32 Å². The van der Waals surface area contributed by atoms with Crippen LogP contribution in [0.4, 0.5) is 0 Å². The normalized spacial score (nSPS) is 12.2. The number of para-hydroxylation sites is 1. The topological polar surface area (TPSA) is 73.0 Å². The Balaban J connectivity index is 1.82. The molecule has 3 rings (SSSR count). The van der Waals surface area contributed by atoms with Gasteiger partial charge in [-0.05, 0) is 39.3 Å². The number of amides is 1. The summed E-state index contributed by atoms with van der Waals surface area (Å²) >= 11 is 0. The Morgan fingerprint density at radius 2 is 2.00 bits per heavy atom. The molecule has 6 nitrogen and oxygen atoms in total. The van der Waals surface area contributed by atoms with Crippen LogP contribution in [0.5, 0.6) is 0 Å². The van der Waals surface area contributed by atoms with E-state index in [-0.39, 0.29) is 11.9 Å². The van der Waals surface area contributed by atoms with Crippen LogP contribution < -0.4 is 5.32 Å². The second-order valence-electron chi connectivity index (χ2n) is 6.04. The minimum absolute atomic E-state index is 0.171. The molecule has 0 saturated heterocycles. The fourth-order valence-corrected chi connectivity index (χ4v) is 2.97. The van der Waals surface area contributed by atoms with Crippen LogP contribution in [0, 0.1) is 13.8 Å². The maximum Gasteiger partial charge on any atom is 0.257 e. The second kappa shape index (κ2) is 6.93. The van der Waals surface area contributed by atoms with Crippen molar-refractivity contribution in [3.05, 3.63) is 64.8 Å². The van der Waals surface area contributed by atoms with Crippen molar-refractivity contribution >= 4 is 5.91 Å². The minimum atomic E-state index is -0.177. The van der Waals surface area contributed by atoms with Gasteiger partial charge in [0.2, 0.25) is 0 Å². The zero-order valence-corrected chi connectivity index (χ0v) is 14.9. The Morgan fingerprint density at radius 1 is 1.28 bits per heavy atom. The molecule has 1 aromatic carbocycles. The summed E-state index contributed by atoms with van der Waals surface area (Å²) in [4.78, 5) is 12.6. The standard InChI is InChI=1S/C19H22N4O2/c1-5-17-18(14(4)25-22-17)19(24)21-12(2)16-11-20-23(13(16)3)15-9-7-6-8-10-15/h6-12H,5H2,1-4H3,(H,21,24)/t12-/m0/s1. The first kappa shape index (κ1) is 17.0. The number of nitrogens with one attached hydrogen (secondary N) is 1. The number of aromatic nitrogens is 3. The average molecular weight is 338 g/mol. The van der Waals surface area contributed by atoms with Gasteiger partial charge in [-0.3, -0.25) is 4.79 Å². The number of carbonyl (C=O) groups is 1. The largest absolute Gasteiger partial charge is 0.361 e. The highest BCUT2D eigenvalue weighted by Gasteiger charge is 2.22. The van der Waals surface area contributed by atoms with Crippen LogP contribution in [0.1, 0.15) is 53.0 Å². The van der Waals surface area contributed by atoms with Gasteiger partial charge in [0.05, 0.1) is 23.6 Å². The summed E-state index contributed by atoms with van der Waals surface area (Å²) in [6.45, 7) is 7.65. The van der Waals surface area contributed by atoms with Crippen molar-refractivity contribution in [3.63, 3.8) is 0 Å². The van der Waals surface area contributed by atoms with Crippen molar-refractivity contribution in [1.82, 2.24) is 20.3 Å². The molecule has 0 saturated carbocycles. The van der Waals surface area contributed by atoms with Crippen molar-refractivity contribution in [2.75, 3.05) is 0 Å². The van der Waals surface area contributed by atoms with E-state index >= 15 is 0 Å². The first-order valence-electron chi connectivity index (χ1n) is 8.38. The van der Waals surface area contributed by atoms with Crippen LogP contribution in [0.3, 0.4) is 0 Å². The zero-order chi connectivity index (χ0) is 18.0. The molecule has 0 spiro atoms. The highest BCUT2D eigenvalue weighted by molar-refractivity contribution is 5.96. The molecule has 0 bridgehead atoms. The Morgan fingerprint density at radius 3 is 2.68 bits per heavy atom. The number of rotatable bonds is 5. The third-order valence-electron chi connectivity index (χ3n) is 4.36. The van der Waals surface area contributed by atoms with Crippen LogP contribution >= 0.6 is 0 Å². The van der Waals surface area contributed by atoms with E-state index < -0.39 is 0 Å². The van der Waals surface area contributed by atoms with Gasteiger partial charge in [0, 0.05) is 11.3 Å². The quantitative estimate of drug-likeness (QED) is 0.772. The van der Waals surface area contributed by atoms with Crippen molar-refractivity contribution in [2.45, 2.75) is 40.2 Å². The molecule has 6 heteroatoms. The summed E-state index contributed by atoms with van der Waals surface area (Å²) in [5, 5.41) is 11.4. The summed E-state index contributed by atoms with van der Waals surface area (Å²) in [6.07, 6.45) is 2.45. The highest BCUT2D eigenvalue weighted by Crippen LogP contribution is 2.21. The van der Waals surface area contributed by atoms with E-state index in [1.807, 2.05) is 55.8 Å². The smallest absolute Gasteiger partial charge is 0.257 e. The molecular formula is C19H22N4O2. The lowest BCUT2D eigenvalue weighted by atomic mass is 10.1. The van der Waals surface area contributed by atoms with Crippen LogP contribution in [-0.2, 0) is 6.42 Å². The first-order chi connectivity index (χ1) is 12.0. The summed E-state index contributed by atoms with van der Waals surface area (Å²) < 4.78 is 7.03. The summed E-state index contributed by atoms with van der Waals surface area (Å²) in [6, 6.07) is 9.75. The minimum Gasteiger partial charge on any atom is -0.361 e. The van der Waals surface area contributed by atoms with Crippen molar-refractivity contribution in [1.29, 1.82) is 0 Å². The molecule has 2 aromatic heterocycles. The lowest BCUT2D eigenvalue weighted by Gasteiger charge is -2.14. The lowest BCUT2D eigenvalue weighted by molar-refractivity contribution is 0.0937. The van der Waals surface area contributed by atoms with E-state index in [4.69, 9.17) is 4.52 Å². The number of benzene rings is 1. The predicted molar refractivity (Wildman–Crippen MR) is 94.8 cm³/mol. The molecule has 0 radical (unpaired) electrons. The molecule has 130 valence electrons. The number of hydrogen-bond acceptors (Lipinski definition) is 4. The first-order valence-corrected chi connectivity index (χ1v) is 8.38. The van der Waals surface area contributed by atoms with Gasteiger partial charge in [-0.1, -0.05) is 30.3 Å². The molecule has 1 N–H and O–H groups in total. The molecule has 1 amide bonds. The molecule has 0 aliphatic rings. The Hall–Kier alpha value is -2.89. The van der Waals surface area contributed by atoms with Gasteiger partial charge < -0.3 is 9.84 Å². The number of aryl methyl sites for hydroxylation is 2. The number of carbonyl (C=O) groups excluding carboxylic acids is 1. The van der Waals surface area contributed by atoms with Crippen molar-refractivity contribution in [2.24, 2.45) is 0 Å². The van der Waals surface area contributed by atoms with Gasteiger partial charge in [-0.15, -0.1) is 0 Å². The maximum atomic E-state index is 12.6. The molecule has 1 atom stereocenters. The van der Waals surface area contributed by atoms with Gasteiger partial charge in [0.1, 0.15) is 11.3 Å². The molecule has 2 heterocycles. The van der Waals surface area contributed by atoms with Gasteiger partial charge >= 0.3 is 0 Å². The molecule has 0 aliphatic heterocycles. The van der Waals surface area contributed by atoms with Crippen LogP contribution in [-0.4, -0.2) is 20.8 Å². The Kier molecular flexibility index (Phi) is 4.70. The van der Waals surface area contributed by atoms with Crippen molar-refractivity contribution in [3.8, 4) is 5.69 Å². The Labute approximate surface area is 146 Å². The maximum absolute atomic E-state index is 12.6. The molecule has 0 fully saturated rings. The average Bonchev–Trinajstić information content (AvgIpc) is 3.18. The zero-order valence-electron chi connectivity index (χ0n) is 14.9. The van der Waals surface area contributed by atoms with Crippen LogP contribution in [0.15, 0.2) is 41.1 Å². The number of hydrogen-bond donors (Lipinski definition) is 1. The van der Waals surface area contributed by atoms with Crippen LogP contribution in [0.2, 0.25) is 0 Å². The van der Waals surface area contributed by atoms with E-state index in [1.165, 1.54) is 0 Å². The SMILES string of the molecule is CCc1noc(C)c1C(=O)N[C@@H](C)c1cnn(-c2ccccc2)c1C. The van der Waals surface area contributed by atoms with E-state index in [0.717, 1.165) is 16.9 Å². The molecule has 3 aromatic rings. The van der Waals surface area contributed by atoms with E-state index in [1.54, 1.807) is 13.1 Å². The van der Waals surface area contributed by atoms with Gasteiger partial charge in [0.25, 0.3) is 5.91 Å². The summed E-state index contributed by atoms with van der Waals surface area (Å²) in [5.41, 5.74) is 4.18. The highest BCUT2D eigenvalue weighted by atomic mass is 16.5. The van der Waals surface area contributed by atoms with E-state index in [9.17, 15) is 4.79 Å². The van der Waals surface area contributed by atoms with Gasteiger partial charge in [-0.25, -0.2) is 4.68 Å². The molecular weight excluding hydrogens is 316 g/mol. The fraction of sp³-hybridized carbons (Fsp3) is 0.316. The third-order valence-corrected chi connectivity index (χ3v) is 4.36. The summed E-state index contributed by atoms with van der Waals surface area (Å²) in [5.74, 6) is 0.369. The van der Waals surface area contributed by atoms with E-state index in [0.29, 0.717) is 23.4 Å². The molecule has 0 aliphatic carbocycles. The molecule has 25 heavy (non-hydrogen) atoms.